The number of anilines is 1. The molecule has 0 bridgehead atoms. The Morgan fingerprint density at radius 3 is 2.74 bits per heavy atom. The molecule has 0 spiro atoms. The van der Waals surface area contributed by atoms with Gasteiger partial charge in [0.05, 0.1) is 10.4 Å². The minimum absolute atomic E-state index is 0.0636. The number of carboxylic acid groups (broad SMARTS) is 1. The van der Waals surface area contributed by atoms with Crippen LogP contribution in [0.5, 0.6) is 0 Å². The molecular weight excluding hydrogens is 500 g/mol. The number of nitrogen functional groups attached to an aromatic ring is 1. The first kappa shape index (κ1) is 22.8. The van der Waals surface area contributed by atoms with E-state index < -0.39 is 29.2 Å². The number of thiazole rings is 2. The summed E-state index contributed by atoms with van der Waals surface area (Å²) in [4.78, 5) is 53.8. The topological polar surface area (TPSA) is 160 Å². The van der Waals surface area contributed by atoms with Crippen LogP contribution in [0.4, 0.5) is 5.13 Å². The molecule has 14 heteroatoms. The molecule has 178 valence electrons. The second-order valence-corrected chi connectivity index (χ2v) is 10.8. The molecule has 0 radical (unpaired) electrons. The highest BCUT2D eigenvalue weighted by molar-refractivity contribution is 8.00. The lowest BCUT2D eigenvalue weighted by atomic mass is 10.0. The quantitative estimate of drug-likeness (QED) is 0.281. The summed E-state index contributed by atoms with van der Waals surface area (Å²) >= 11 is 3.86. The Kier molecular flexibility index (Phi) is 6.27. The molecule has 4 heterocycles. The maximum Gasteiger partial charge on any atom is 0.353 e. The van der Waals surface area contributed by atoms with Crippen LogP contribution in [0.25, 0.3) is 5.57 Å². The zero-order valence-corrected chi connectivity index (χ0v) is 20.1. The lowest BCUT2D eigenvalue weighted by Crippen LogP contribution is -2.71. The van der Waals surface area contributed by atoms with Gasteiger partial charge in [-0.1, -0.05) is 5.16 Å². The summed E-state index contributed by atoms with van der Waals surface area (Å²) in [5.41, 5.74) is 8.01. The molecular formula is C20H20N6O5S3. The van der Waals surface area contributed by atoms with Gasteiger partial charge in [-0.3, -0.25) is 19.5 Å². The van der Waals surface area contributed by atoms with E-state index in [0.717, 1.165) is 37.0 Å². The number of thioether (sulfide) groups is 1. The van der Waals surface area contributed by atoms with E-state index in [1.54, 1.807) is 17.1 Å². The fraction of sp³-hybridized carbons (Fsp3) is 0.400. The molecule has 34 heavy (non-hydrogen) atoms. The maximum atomic E-state index is 13.1. The summed E-state index contributed by atoms with van der Waals surface area (Å²) in [6, 6.07) is -0.900. The lowest BCUT2D eigenvalue weighted by Gasteiger charge is -2.49. The van der Waals surface area contributed by atoms with Crippen LogP contribution >= 0.6 is 34.4 Å². The van der Waals surface area contributed by atoms with E-state index in [0.29, 0.717) is 16.2 Å². The largest absolute Gasteiger partial charge is 0.477 e. The number of aliphatic carboxylic acids is 1. The Bertz CT molecular complexity index is 1190. The molecule has 2 aromatic heterocycles. The number of hydrogen-bond acceptors (Lipinski definition) is 11. The van der Waals surface area contributed by atoms with Crippen molar-refractivity contribution in [1.82, 2.24) is 20.2 Å². The van der Waals surface area contributed by atoms with E-state index in [4.69, 9.17) is 10.6 Å². The summed E-state index contributed by atoms with van der Waals surface area (Å²) in [5, 5.41) is 17.9. The zero-order valence-electron chi connectivity index (χ0n) is 17.7. The van der Waals surface area contributed by atoms with E-state index in [1.807, 2.05) is 0 Å². The molecule has 1 saturated heterocycles. The van der Waals surface area contributed by atoms with Crippen LogP contribution in [0.2, 0.25) is 0 Å². The summed E-state index contributed by atoms with van der Waals surface area (Å²) in [6.45, 7) is 0. The Balaban J connectivity index is 1.36. The van der Waals surface area contributed by atoms with Crippen LogP contribution in [-0.4, -0.2) is 66.7 Å². The first-order chi connectivity index (χ1) is 16.4. The summed E-state index contributed by atoms with van der Waals surface area (Å²) in [5.74, 6) is -1.95. The molecule has 1 aliphatic carbocycles. The number of carboxylic acids is 1. The molecule has 5 rings (SSSR count). The van der Waals surface area contributed by atoms with Crippen molar-refractivity contribution >= 4 is 68.6 Å². The van der Waals surface area contributed by atoms with E-state index >= 15 is 0 Å². The van der Waals surface area contributed by atoms with Gasteiger partial charge in [0.15, 0.2) is 10.8 Å². The number of aromatic nitrogens is 2. The van der Waals surface area contributed by atoms with Crippen molar-refractivity contribution in [2.45, 2.75) is 43.2 Å². The average Bonchev–Trinajstić information content (AvgIpc) is 3.60. The number of nitrogens with two attached hydrogens (primary N) is 1. The van der Waals surface area contributed by atoms with Gasteiger partial charge in [-0.25, -0.2) is 9.78 Å². The number of amides is 2. The number of hydrogen-bond donors (Lipinski definition) is 3. The molecule has 4 N–H and O–H groups in total. The average molecular weight is 521 g/mol. The molecule has 2 aliphatic heterocycles. The lowest BCUT2D eigenvalue weighted by molar-refractivity contribution is -0.149. The molecule has 2 fully saturated rings. The van der Waals surface area contributed by atoms with Crippen molar-refractivity contribution in [2.24, 2.45) is 5.16 Å². The van der Waals surface area contributed by atoms with E-state index in [9.17, 15) is 19.5 Å². The number of oxime groups is 1. The minimum atomic E-state index is -1.20. The number of rotatable bonds is 7. The van der Waals surface area contributed by atoms with Gasteiger partial charge in [-0.2, -0.15) is 0 Å². The van der Waals surface area contributed by atoms with Gasteiger partial charge in [0.1, 0.15) is 28.9 Å². The van der Waals surface area contributed by atoms with Gasteiger partial charge in [-0.15, -0.1) is 34.4 Å². The van der Waals surface area contributed by atoms with Crippen molar-refractivity contribution in [3.63, 3.8) is 0 Å². The Morgan fingerprint density at radius 2 is 2.09 bits per heavy atom. The molecule has 2 atom stereocenters. The van der Waals surface area contributed by atoms with Crippen LogP contribution in [0, 0.1) is 0 Å². The minimum Gasteiger partial charge on any atom is -0.477 e. The molecule has 2 aromatic rings. The van der Waals surface area contributed by atoms with Gasteiger partial charge in [0.2, 0.25) is 0 Å². The second-order valence-electron chi connectivity index (χ2n) is 7.88. The van der Waals surface area contributed by atoms with Crippen molar-refractivity contribution < 1.29 is 24.3 Å². The van der Waals surface area contributed by atoms with Gasteiger partial charge in [-0.05, 0) is 25.7 Å². The number of carbonyl (C=O) groups is 3. The first-order valence-electron chi connectivity index (χ1n) is 10.5. The van der Waals surface area contributed by atoms with Gasteiger partial charge in [0, 0.05) is 22.9 Å². The highest BCUT2D eigenvalue weighted by atomic mass is 32.2. The third-order valence-corrected chi connectivity index (χ3v) is 8.55. The number of nitrogens with zero attached hydrogens (tertiary/aromatic N) is 4. The predicted octanol–water partition coefficient (Wildman–Crippen LogP) is 1.74. The molecule has 0 unspecified atom stereocenters. The molecule has 0 aromatic carbocycles. The van der Waals surface area contributed by atoms with Gasteiger partial charge >= 0.3 is 5.97 Å². The predicted molar refractivity (Wildman–Crippen MR) is 128 cm³/mol. The standard InChI is InChI=1S/C20H20N6O5S3/c21-20-23-11(7-33-20)13(25-31-9-3-1-2-4-9)16(27)24-14-17(28)26-15(19(29)30)10(6-32-18(14)26)12-5-22-8-34-12/h5,7-9,14,18H,1-4,6H2,(H2,21,23)(H,24,27)(H,29,30)/b25-13+/t14-,18-/m1/s1. The summed E-state index contributed by atoms with van der Waals surface area (Å²) in [6.07, 6.45) is 5.32. The molecule has 3 aliphatic rings. The SMILES string of the molecule is Nc1nc(/C(=N\OC2CCCC2)C(=O)N[C@@H]2C(=O)N3C(C(=O)O)=C(c4cncs4)CS[C@H]23)cs1. The third kappa shape index (κ3) is 4.16. The number of fused-ring (bicyclic) bond motifs is 1. The Labute approximate surface area is 206 Å². The van der Waals surface area contributed by atoms with Crippen molar-refractivity contribution in [2.75, 3.05) is 11.5 Å². The van der Waals surface area contributed by atoms with Crippen LogP contribution in [-0.2, 0) is 19.2 Å². The van der Waals surface area contributed by atoms with Crippen LogP contribution in [0.15, 0.2) is 27.9 Å². The first-order valence-corrected chi connectivity index (χ1v) is 13.3. The monoisotopic (exact) mass is 520 g/mol. The van der Waals surface area contributed by atoms with Crippen LogP contribution in [0.1, 0.15) is 36.3 Å². The molecule has 1 saturated carbocycles. The summed E-state index contributed by atoms with van der Waals surface area (Å²) < 4.78 is 0. The maximum absolute atomic E-state index is 13.1. The summed E-state index contributed by atoms with van der Waals surface area (Å²) in [7, 11) is 0. The van der Waals surface area contributed by atoms with Crippen LogP contribution < -0.4 is 11.1 Å². The fourth-order valence-electron chi connectivity index (χ4n) is 4.10. The number of β-lactam (4-membered cyclic amide) rings is 1. The number of carbonyl (C=O) groups excluding carboxylic acids is 2. The number of nitrogens with one attached hydrogen (secondary N) is 1. The third-order valence-electron chi connectivity index (χ3n) is 5.76. The van der Waals surface area contributed by atoms with E-state index in [2.05, 4.69) is 20.4 Å². The smallest absolute Gasteiger partial charge is 0.353 e. The highest BCUT2D eigenvalue weighted by Crippen LogP contribution is 2.43. The van der Waals surface area contributed by atoms with E-state index in [1.165, 1.54) is 28.0 Å². The van der Waals surface area contributed by atoms with Crippen molar-refractivity contribution in [3.05, 3.63) is 33.4 Å². The van der Waals surface area contributed by atoms with Crippen molar-refractivity contribution in [3.8, 4) is 0 Å². The van der Waals surface area contributed by atoms with E-state index in [-0.39, 0.29) is 28.3 Å². The van der Waals surface area contributed by atoms with Crippen molar-refractivity contribution in [1.29, 1.82) is 0 Å². The molecule has 2 amide bonds. The van der Waals surface area contributed by atoms with Gasteiger partial charge < -0.3 is 21.0 Å². The molecule has 11 nitrogen and oxygen atoms in total. The highest BCUT2D eigenvalue weighted by Gasteiger charge is 2.54. The van der Waals surface area contributed by atoms with Gasteiger partial charge in [0.25, 0.3) is 11.8 Å². The normalized spacial score (nSPS) is 23.0. The fourth-order valence-corrected chi connectivity index (χ4v) is 6.78. The Morgan fingerprint density at radius 1 is 1.29 bits per heavy atom. The zero-order chi connectivity index (χ0) is 23.8. The second kappa shape index (κ2) is 9.35. The Hall–Kier alpha value is -2.97. The van der Waals surface area contributed by atoms with Crippen LogP contribution in [0.3, 0.4) is 0 Å².